The number of carboxylic acids is 1. The Bertz CT molecular complexity index is 1690. The first kappa shape index (κ1) is 74.0. The summed E-state index contributed by atoms with van der Waals surface area (Å²) in [6.07, 6.45) is 4.09. The molecule has 0 radical (unpaired) electrons. The molecule has 3 aliphatic heterocycles. The smallest absolute Gasteiger partial charge is 0.364 e. The summed E-state index contributed by atoms with van der Waals surface area (Å²) in [4.78, 5) is 38.4. The minimum atomic E-state index is -3.07. The summed E-state index contributed by atoms with van der Waals surface area (Å²) < 4.78 is 34.7. The van der Waals surface area contributed by atoms with Crippen LogP contribution >= 0.6 is 0 Å². The Morgan fingerprint density at radius 1 is 0.585 bits per heavy atom. The molecule has 3 heterocycles. The number of hydrogen-bond donors (Lipinski definition) is 14. The van der Waals surface area contributed by atoms with Crippen molar-refractivity contribution in [3.63, 3.8) is 0 Å². The van der Waals surface area contributed by atoms with Gasteiger partial charge in [-0.2, -0.15) is 0 Å². The fourth-order valence-electron chi connectivity index (χ4n) is 11.2. The van der Waals surface area contributed by atoms with Gasteiger partial charge in [-0.15, -0.1) is 0 Å². The first-order chi connectivity index (χ1) is 39.4. The number of carbonyl (C=O) groups excluding carboxylic acids is 2. The average Bonchev–Trinajstić information content (AvgIpc) is 3.03. The normalized spacial score (nSPS) is 30.1. The molecule has 0 aromatic carbocycles. The van der Waals surface area contributed by atoms with E-state index in [0.717, 1.165) is 58.3 Å². The van der Waals surface area contributed by atoms with Crippen LogP contribution in [0.4, 0.5) is 0 Å². The highest BCUT2D eigenvalue weighted by atomic mass is 16.8. The Morgan fingerprint density at radius 3 is 1.52 bits per heavy atom. The van der Waals surface area contributed by atoms with Crippen molar-refractivity contribution >= 4 is 17.8 Å². The lowest BCUT2D eigenvalue weighted by atomic mass is 9.88. The molecule has 0 aromatic heterocycles. The SMILES string of the molecule is CCCCCCCCCCCCCCCCCC(=O)NC(COC1OC(CO)C(OC2OC(CO)C(O)C(OC3(C(=O)O)CC(O)C(NC(C)=O)C(C(O)C(O)CO)O3)C2O)C(O)C1O)C(O)CCCCCCCCCCCCCCC. The van der Waals surface area contributed by atoms with E-state index in [9.17, 15) is 75.7 Å². The third kappa shape index (κ3) is 25.6. The van der Waals surface area contributed by atoms with Gasteiger partial charge in [0, 0.05) is 19.8 Å². The van der Waals surface area contributed by atoms with Gasteiger partial charge in [-0.25, -0.2) is 4.79 Å². The second-order valence-corrected chi connectivity index (χ2v) is 23.3. The summed E-state index contributed by atoms with van der Waals surface area (Å²) in [5.41, 5.74) is 0. The number of hydrogen-bond acceptors (Lipinski definition) is 20. The van der Waals surface area contributed by atoms with Gasteiger partial charge in [0.05, 0.1) is 50.7 Å². The van der Waals surface area contributed by atoms with Crippen molar-refractivity contribution in [2.45, 2.75) is 330 Å². The maximum Gasteiger partial charge on any atom is 0.364 e. The Balaban J connectivity index is 1.65. The van der Waals surface area contributed by atoms with Crippen LogP contribution in [0.25, 0.3) is 0 Å². The number of aliphatic carboxylic acids is 1. The molecule has 3 fully saturated rings. The number of aliphatic hydroxyl groups excluding tert-OH is 11. The molecule has 0 aliphatic carbocycles. The molecule has 23 heteroatoms. The number of unbranched alkanes of at least 4 members (excludes halogenated alkanes) is 26. The van der Waals surface area contributed by atoms with Crippen molar-refractivity contribution in [2.75, 3.05) is 26.4 Å². The third-order valence-electron chi connectivity index (χ3n) is 16.3. The molecule has 23 nitrogen and oxygen atoms in total. The van der Waals surface area contributed by atoms with Gasteiger partial charge >= 0.3 is 5.97 Å². The molecule has 0 spiro atoms. The fourth-order valence-corrected chi connectivity index (χ4v) is 11.2. The van der Waals surface area contributed by atoms with Crippen molar-refractivity contribution in [3.8, 4) is 0 Å². The summed E-state index contributed by atoms with van der Waals surface area (Å²) in [6, 6.07) is -2.52. The molecule has 18 atom stereocenters. The fraction of sp³-hybridized carbons (Fsp3) is 0.949. The van der Waals surface area contributed by atoms with Gasteiger partial charge in [0.25, 0.3) is 5.79 Å². The van der Waals surface area contributed by atoms with Gasteiger partial charge in [-0.1, -0.05) is 187 Å². The summed E-state index contributed by atoms with van der Waals surface area (Å²) in [5.74, 6) is -6.10. The highest BCUT2D eigenvalue weighted by Gasteiger charge is 2.60. The molecule has 482 valence electrons. The summed E-state index contributed by atoms with van der Waals surface area (Å²) >= 11 is 0. The van der Waals surface area contributed by atoms with Crippen LogP contribution in [0.15, 0.2) is 0 Å². The number of carbonyl (C=O) groups is 3. The van der Waals surface area contributed by atoms with Gasteiger partial charge in [-0.3, -0.25) is 9.59 Å². The molecule has 0 bridgehead atoms. The molecule has 14 N–H and O–H groups in total. The average molecular weight is 1180 g/mol. The largest absolute Gasteiger partial charge is 0.477 e. The van der Waals surface area contributed by atoms with E-state index in [1.54, 1.807) is 0 Å². The minimum Gasteiger partial charge on any atom is -0.477 e. The predicted molar refractivity (Wildman–Crippen MR) is 302 cm³/mol. The summed E-state index contributed by atoms with van der Waals surface area (Å²) in [7, 11) is 0. The number of ether oxygens (including phenoxy) is 6. The Kier molecular flexibility index (Phi) is 37.7. The molecule has 82 heavy (non-hydrogen) atoms. The summed E-state index contributed by atoms with van der Waals surface area (Å²) in [6.45, 7) is 2.18. The molecule has 3 aliphatic rings. The van der Waals surface area contributed by atoms with Gasteiger partial charge in [0.1, 0.15) is 67.1 Å². The quantitative estimate of drug-likeness (QED) is 0.0388. The van der Waals surface area contributed by atoms with Crippen molar-refractivity contribution in [3.05, 3.63) is 0 Å². The van der Waals surface area contributed by atoms with Crippen LogP contribution in [-0.4, -0.2) is 215 Å². The lowest BCUT2D eigenvalue weighted by Crippen LogP contribution is -2.70. The van der Waals surface area contributed by atoms with E-state index < -0.39 is 148 Å². The van der Waals surface area contributed by atoms with Crippen LogP contribution in [0.5, 0.6) is 0 Å². The van der Waals surface area contributed by atoms with E-state index in [1.165, 1.54) is 116 Å². The lowest BCUT2D eigenvalue weighted by Gasteiger charge is -2.50. The maximum absolute atomic E-state index is 13.4. The van der Waals surface area contributed by atoms with Gasteiger partial charge < -0.3 is 100 Å². The Labute approximate surface area is 487 Å². The van der Waals surface area contributed by atoms with E-state index in [4.69, 9.17) is 28.4 Å². The highest BCUT2D eigenvalue weighted by Crippen LogP contribution is 2.38. The van der Waals surface area contributed by atoms with Crippen LogP contribution in [0.2, 0.25) is 0 Å². The van der Waals surface area contributed by atoms with E-state index in [1.807, 2.05) is 0 Å². The van der Waals surface area contributed by atoms with Crippen LogP contribution < -0.4 is 10.6 Å². The van der Waals surface area contributed by atoms with E-state index in [0.29, 0.717) is 19.3 Å². The molecule has 18 unspecified atom stereocenters. The zero-order chi connectivity index (χ0) is 60.5. The first-order valence-electron chi connectivity index (χ1n) is 31.4. The predicted octanol–water partition coefficient (Wildman–Crippen LogP) is 3.39. The lowest BCUT2D eigenvalue weighted by molar-refractivity contribution is -0.386. The first-order valence-corrected chi connectivity index (χ1v) is 31.4. The Hall–Kier alpha value is -2.27. The zero-order valence-electron chi connectivity index (χ0n) is 49.6. The van der Waals surface area contributed by atoms with E-state index in [2.05, 4.69) is 24.5 Å². The van der Waals surface area contributed by atoms with Crippen LogP contribution in [0, 0.1) is 0 Å². The second-order valence-electron chi connectivity index (χ2n) is 23.3. The standard InChI is InChI=1S/C59H110N2O21/c1-4-6-8-10-12-14-16-18-19-21-23-25-27-29-31-33-46(69)61-40(41(66)32-30-28-26-24-22-20-17-15-13-11-9-7-5-2)38-77-56-51(73)50(72)53(45(37-64)79-56)80-57-52(74)55(49(71)44(36-63)78-57)82-59(58(75)76)34-42(67)47(60-39(3)65)54(81-59)48(70)43(68)35-62/h40-45,47-57,62-64,66-68,70-74H,4-38H2,1-3H3,(H,60,65)(H,61,69)(H,75,76). The molecule has 0 aromatic rings. The number of nitrogens with one attached hydrogen (secondary N) is 2. The minimum absolute atomic E-state index is 0.228. The van der Waals surface area contributed by atoms with E-state index >= 15 is 0 Å². The monoisotopic (exact) mass is 1180 g/mol. The van der Waals surface area contributed by atoms with Crippen LogP contribution in [-0.2, 0) is 42.8 Å². The number of amides is 2. The molecule has 3 saturated heterocycles. The maximum atomic E-state index is 13.4. The van der Waals surface area contributed by atoms with Crippen molar-refractivity contribution in [1.29, 1.82) is 0 Å². The van der Waals surface area contributed by atoms with Crippen LogP contribution in [0.3, 0.4) is 0 Å². The zero-order valence-corrected chi connectivity index (χ0v) is 49.6. The summed E-state index contributed by atoms with van der Waals surface area (Å²) in [5, 5.41) is 136. The second kappa shape index (κ2) is 41.8. The van der Waals surface area contributed by atoms with Gasteiger partial charge in [0.2, 0.25) is 11.8 Å². The van der Waals surface area contributed by atoms with Crippen LogP contribution in [0.1, 0.15) is 220 Å². The van der Waals surface area contributed by atoms with Gasteiger partial charge in [-0.05, 0) is 12.8 Å². The third-order valence-corrected chi connectivity index (χ3v) is 16.3. The number of rotatable bonds is 46. The Morgan fingerprint density at radius 2 is 1.06 bits per heavy atom. The van der Waals surface area contributed by atoms with Crippen molar-refractivity contribution in [1.82, 2.24) is 10.6 Å². The number of aliphatic hydroxyl groups is 11. The van der Waals surface area contributed by atoms with Crippen molar-refractivity contribution in [2.24, 2.45) is 0 Å². The van der Waals surface area contributed by atoms with Crippen molar-refractivity contribution < 1.29 is 104 Å². The topological polar surface area (TPSA) is 373 Å². The van der Waals surface area contributed by atoms with E-state index in [-0.39, 0.29) is 18.9 Å². The van der Waals surface area contributed by atoms with Gasteiger partial charge in [0.15, 0.2) is 12.6 Å². The number of carboxylic acid groups (broad SMARTS) is 1. The molecule has 2 amide bonds. The molecule has 3 rings (SSSR count). The molecular formula is C59H110N2O21. The highest BCUT2D eigenvalue weighted by molar-refractivity contribution is 5.77. The molecular weight excluding hydrogens is 1070 g/mol. The molecule has 0 saturated carbocycles.